The average Bonchev–Trinajstić information content (AvgIpc) is 4.15. The lowest BCUT2D eigenvalue weighted by atomic mass is 10.0. The number of allylic oxidation sites excluding steroid dienone is 2. The second-order valence-corrected chi connectivity index (χ2v) is 20.7. The van der Waals surface area contributed by atoms with E-state index >= 15 is 0 Å². The van der Waals surface area contributed by atoms with Crippen molar-refractivity contribution in [2.75, 3.05) is 24.3 Å². The molecule has 4 aliphatic heterocycles. The molecular weight excluding hydrogens is 1050 g/mol. The van der Waals surface area contributed by atoms with Crippen molar-refractivity contribution in [2.45, 2.75) is 125 Å². The number of phosphoric ester groups is 2. The van der Waals surface area contributed by atoms with Gasteiger partial charge in [0.1, 0.15) is 72.8 Å². The maximum atomic E-state index is 12.5. The summed E-state index contributed by atoms with van der Waals surface area (Å²) in [6.45, 7) is -0.363. The Hall–Kier alpha value is -6.40. The van der Waals surface area contributed by atoms with Gasteiger partial charge in [0.15, 0.2) is 40.9 Å². The van der Waals surface area contributed by atoms with Crippen LogP contribution in [0.4, 0.5) is 26.9 Å². The molecule has 7 N–H and O–H groups in total. The lowest BCUT2D eigenvalue weighted by Crippen LogP contribution is -2.39. The van der Waals surface area contributed by atoms with Crippen molar-refractivity contribution < 1.29 is 85.4 Å². The predicted octanol–water partition coefficient (Wildman–Crippen LogP) is 5.22. The molecule has 8 heterocycles. The number of nitrogens with two attached hydrogens (primary N) is 1. The maximum absolute atomic E-state index is 12.5. The smallest absolute Gasteiger partial charge is 0.442 e. The van der Waals surface area contributed by atoms with Crippen LogP contribution in [-0.2, 0) is 46.2 Å². The molecule has 0 bridgehead atoms. The van der Waals surface area contributed by atoms with Crippen LogP contribution >= 0.6 is 15.6 Å². The normalized spacial score (nSPS) is 31.9. The van der Waals surface area contributed by atoms with E-state index in [1.54, 1.807) is 0 Å². The van der Waals surface area contributed by atoms with E-state index in [1.165, 1.54) is 58.7 Å². The number of benzene rings is 1. The number of nitro benzene ring substituents is 1. The van der Waals surface area contributed by atoms with Crippen LogP contribution in [0.25, 0.3) is 22.3 Å². The number of phosphoric acid groups is 2. The van der Waals surface area contributed by atoms with E-state index in [1.807, 2.05) is 24.3 Å². The summed E-state index contributed by atoms with van der Waals surface area (Å²) in [5.74, 6) is 0.566. The van der Waals surface area contributed by atoms with Gasteiger partial charge < -0.3 is 49.4 Å². The zero-order valence-electron chi connectivity index (χ0n) is 40.1. The lowest BCUT2D eigenvalue weighted by Gasteiger charge is -2.27. The van der Waals surface area contributed by atoms with E-state index in [2.05, 4.69) is 39.7 Å². The topological polar surface area (TPSA) is 401 Å². The summed E-state index contributed by atoms with van der Waals surface area (Å²) in [6.07, 6.45) is 13.3. The van der Waals surface area contributed by atoms with Crippen molar-refractivity contribution in [1.29, 1.82) is 0 Å². The SMILES string of the molecule is Nc1ncnc2c1ncn2[C@@H]1O[C@@H]2COP(=O)(O)O[C@@H]2C1O.O=C(Nc1ncnc2c1ncn2[C@@H]1O[C@@H]2COP(=O)(O)O[C@@H]2C1O)OC1/C=C/CCCCC1.O=C(Oc1ccc([N+](=O)[O-])cc1)OC1/C=C/CCCCC1. The van der Waals surface area contributed by atoms with Crippen LogP contribution in [-0.4, -0.2) is 138 Å². The molecule has 0 saturated carbocycles. The zero-order valence-corrected chi connectivity index (χ0v) is 41.9. The van der Waals surface area contributed by atoms with Gasteiger partial charge in [-0.15, -0.1) is 0 Å². The first kappa shape index (κ1) is 54.4. The molecule has 5 aromatic rings. The average molecular weight is 1100 g/mol. The molecule has 4 fully saturated rings. The van der Waals surface area contributed by atoms with Gasteiger partial charge in [0.05, 0.1) is 30.8 Å². The number of hydrogen-bond donors (Lipinski definition) is 6. The Morgan fingerprint density at radius 1 is 0.724 bits per heavy atom. The molecule has 30 nitrogen and oxygen atoms in total. The standard InChI is InChI=1S/C19H24N5O8P.C15H17NO5.C10H12N5O6P/c25-14-15-12(8-29-33(27,28)32-15)31-18(14)24-10-22-13-16(20-9-21-17(13)24)23-19(26)30-11-6-4-2-1-3-5-7-11;17-15(20-13-6-4-2-1-3-5-7-13)21-14-10-8-12(9-11-14)16(18)19;11-8-5-9(13-2-12-8)15(3-14-5)10-6(16)7-4(20-10)1-19-22(17,18)21-7/h4,6,9-12,14-15,18,25H,1-3,5,7-8H2,(H,27,28)(H,20,21,23,26);4,6,8-11,13H,1-3,5,7H2;2-4,6-7,10,16H,1H2,(H,17,18)(H2,11,12,13)/b2*6-4+;/t11?,12-,14?,15+,18-;;4-,6?,7+,10-/m1.1/s1. The van der Waals surface area contributed by atoms with Crippen LogP contribution in [0, 0.1) is 10.1 Å². The van der Waals surface area contributed by atoms with Crippen LogP contribution in [0.1, 0.15) is 76.7 Å². The maximum Gasteiger partial charge on any atom is 0.514 e. The Bertz CT molecular complexity index is 3040. The van der Waals surface area contributed by atoms with Crippen molar-refractivity contribution in [1.82, 2.24) is 39.0 Å². The van der Waals surface area contributed by atoms with Crippen molar-refractivity contribution in [3.8, 4) is 5.75 Å². The molecule has 32 heteroatoms. The summed E-state index contributed by atoms with van der Waals surface area (Å²) in [5.41, 5.74) is 6.95. The number of amides is 1. The fourth-order valence-electron chi connectivity index (χ4n) is 8.91. The number of nitro groups is 1. The molecule has 2 aliphatic carbocycles. The molecule has 76 heavy (non-hydrogen) atoms. The number of anilines is 2. The highest BCUT2D eigenvalue weighted by atomic mass is 31.2. The summed E-state index contributed by atoms with van der Waals surface area (Å²) in [6, 6.07) is 5.29. The fourth-order valence-corrected chi connectivity index (χ4v) is 10.8. The first-order valence-corrected chi connectivity index (χ1v) is 27.0. The molecule has 1 aromatic carbocycles. The Kier molecular flexibility index (Phi) is 17.1. The minimum Gasteiger partial charge on any atom is -0.442 e. The molecule has 4 saturated heterocycles. The minimum absolute atomic E-state index is 0.0568. The van der Waals surface area contributed by atoms with Gasteiger partial charge in [-0.2, -0.15) is 0 Å². The summed E-state index contributed by atoms with van der Waals surface area (Å²) in [7, 11) is -8.41. The summed E-state index contributed by atoms with van der Waals surface area (Å²) in [4.78, 5) is 77.6. The summed E-state index contributed by atoms with van der Waals surface area (Å²) in [5, 5.41) is 34.1. The van der Waals surface area contributed by atoms with Gasteiger partial charge in [0, 0.05) is 12.1 Å². The third-order valence-corrected chi connectivity index (χ3v) is 14.6. The number of carbonyl (C=O) groups is 2. The summed E-state index contributed by atoms with van der Waals surface area (Å²) < 4.78 is 72.6. The molecule has 12 atom stereocenters. The Morgan fingerprint density at radius 2 is 1.25 bits per heavy atom. The van der Waals surface area contributed by atoms with Crippen LogP contribution < -0.4 is 15.8 Å². The number of nitrogen functional groups attached to an aromatic ring is 1. The van der Waals surface area contributed by atoms with Crippen molar-refractivity contribution in [3.05, 3.63) is 84.0 Å². The van der Waals surface area contributed by atoms with E-state index in [4.69, 9.17) is 43.0 Å². The Balaban J connectivity index is 0.000000145. The Morgan fingerprint density at radius 3 is 1.82 bits per heavy atom. The van der Waals surface area contributed by atoms with Gasteiger partial charge in [0.25, 0.3) is 5.69 Å². The molecule has 11 rings (SSSR count). The summed E-state index contributed by atoms with van der Waals surface area (Å²) >= 11 is 0. The fraction of sp³-hybridized carbons (Fsp3) is 0.500. The Labute approximate surface area is 430 Å². The van der Waals surface area contributed by atoms with E-state index in [0.29, 0.717) is 11.2 Å². The molecular formula is C44H53N11O19P2. The molecule has 0 radical (unpaired) electrons. The second kappa shape index (κ2) is 23.9. The quantitative estimate of drug-likeness (QED) is 0.0304. The number of ether oxygens (including phenoxy) is 5. The number of rotatable bonds is 7. The number of aromatic nitrogens is 8. The molecule has 1 amide bonds. The molecule has 4 aromatic heterocycles. The van der Waals surface area contributed by atoms with Gasteiger partial charge >= 0.3 is 27.9 Å². The van der Waals surface area contributed by atoms with Gasteiger partial charge in [-0.3, -0.25) is 42.7 Å². The zero-order chi connectivity index (χ0) is 53.6. The van der Waals surface area contributed by atoms with Crippen molar-refractivity contribution in [2.24, 2.45) is 0 Å². The highest BCUT2D eigenvalue weighted by Crippen LogP contribution is 2.54. The molecule has 0 spiro atoms. The van der Waals surface area contributed by atoms with Crippen LogP contribution in [0.5, 0.6) is 5.75 Å². The van der Waals surface area contributed by atoms with Gasteiger partial charge in [-0.25, -0.2) is 48.6 Å². The number of carbonyl (C=O) groups excluding carboxylic acids is 2. The minimum atomic E-state index is -4.25. The third-order valence-electron chi connectivity index (χ3n) is 12.6. The van der Waals surface area contributed by atoms with E-state index in [-0.39, 0.29) is 59.7 Å². The molecule has 408 valence electrons. The van der Waals surface area contributed by atoms with Gasteiger partial charge in [-0.05, 0) is 75.7 Å². The van der Waals surface area contributed by atoms with Gasteiger partial charge in [-0.1, -0.05) is 25.0 Å². The first-order valence-electron chi connectivity index (χ1n) is 24.1. The van der Waals surface area contributed by atoms with Crippen LogP contribution in [0.3, 0.4) is 0 Å². The van der Waals surface area contributed by atoms with Crippen molar-refractivity contribution >= 4 is 67.5 Å². The van der Waals surface area contributed by atoms with Crippen LogP contribution in [0.15, 0.2) is 73.9 Å². The largest absolute Gasteiger partial charge is 0.514 e. The van der Waals surface area contributed by atoms with Gasteiger partial charge in [0.2, 0.25) is 0 Å². The highest BCUT2D eigenvalue weighted by molar-refractivity contribution is 7.47. The van der Waals surface area contributed by atoms with Crippen molar-refractivity contribution in [3.63, 3.8) is 0 Å². The number of imidazole rings is 2. The van der Waals surface area contributed by atoms with E-state index < -0.39 is 81.9 Å². The first-order chi connectivity index (χ1) is 36.5. The molecule has 6 aliphatic rings. The predicted molar refractivity (Wildman–Crippen MR) is 259 cm³/mol. The van der Waals surface area contributed by atoms with E-state index in [9.17, 15) is 48.8 Å². The number of aliphatic hydroxyl groups excluding tert-OH is 2. The number of aliphatic hydroxyl groups is 2. The third kappa shape index (κ3) is 13.0. The number of non-ortho nitro benzene ring substituents is 1. The highest BCUT2D eigenvalue weighted by Gasteiger charge is 2.54. The number of fused-ring (bicyclic) bond motifs is 4. The second-order valence-electron chi connectivity index (χ2n) is 17.9. The lowest BCUT2D eigenvalue weighted by molar-refractivity contribution is -0.384. The number of nitrogens with one attached hydrogen (secondary N) is 1. The van der Waals surface area contributed by atoms with Crippen LogP contribution in [0.2, 0.25) is 0 Å². The molecule has 6 unspecified atom stereocenters. The number of nitrogens with zero attached hydrogens (tertiary/aromatic N) is 9. The monoisotopic (exact) mass is 1100 g/mol. The van der Waals surface area contributed by atoms with E-state index in [0.717, 1.165) is 64.2 Å². The number of hydrogen-bond acceptors (Lipinski definition) is 24.